The van der Waals surface area contributed by atoms with Crippen molar-refractivity contribution in [2.75, 3.05) is 6.61 Å². The number of aliphatic imine (C=N–C) groups is 1. The predicted octanol–water partition coefficient (Wildman–Crippen LogP) is 2.17. The minimum absolute atomic E-state index is 0.279. The number of fused-ring (bicyclic) bond motifs is 2. The van der Waals surface area contributed by atoms with Crippen molar-refractivity contribution in [3.63, 3.8) is 0 Å². The Kier molecular flexibility index (Phi) is 2.56. The number of amides is 1. The molecule has 102 valence electrons. The van der Waals surface area contributed by atoms with Crippen LogP contribution in [-0.4, -0.2) is 28.3 Å². The van der Waals surface area contributed by atoms with Crippen molar-refractivity contribution in [2.24, 2.45) is 22.7 Å². The smallest absolute Gasteiger partial charge is 0.332 e. The number of hydrogen-bond acceptors (Lipinski definition) is 4. The van der Waals surface area contributed by atoms with Gasteiger partial charge in [-0.05, 0) is 43.4 Å². The van der Waals surface area contributed by atoms with E-state index in [1.54, 1.807) is 0 Å². The van der Waals surface area contributed by atoms with Gasteiger partial charge in [0.25, 0.3) is 5.91 Å². The number of nitrogens with zero attached hydrogens (tertiary/aromatic N) is 1. The third-order valence-corrected chi connectivity index (χ3v) is 6.59. The van der Waals surface area contributed by atoms with Gasteiger partial charge < -0.3 is 4.74 Å². The van der Waals surface area contributed by atoms with Crippen LogP contribution >= 0.6 is 11.8 Å². The first-order chi connectivity index (χ1) is 9.17. The zero-order chi connectivity index (χ0) is 13.0. The summed E-state index contributed by atoms with van der Waals surface area (Å²) in [5.74, 6) is 1.76. The highest BCUT2D eigenvalue weighted by atomic mass is 32.2. The Bertz CT molecular complexity index is 489. The average molecular weight is 279 g/mol. The zero-order valence-corrected chi connectivity index (χ0v) is 11.6. The number of rotatable bonds is 2. The van der Waals surface area contributed by atoms with E-state index in [2.05, 4.69) is 4.99 Å². The molecule has 2 aliphatic carbocycles. The molecule has 2 aliphatic heterocycles. The number of carbonyl (C=O) groups is 2. The van der Waals surface area contributed by atoms with Gasteiger partial charge in [-0.25, -0.2) is 9.79 Å². The van der Waals surface area contributed by atoms with Crippen LogP contribution in [0.5, 0.6) is 0 Å². The first-order valence-corrected chi connectivity index (χ1v) is 7.97. The van der Waals surface area contributed by atoms with E-state index in [-0.39, 0.29) is 11.9 Å². The van der Waals surface area contributed by atoms with Crippen LogP contribution in [0.25, 0.3) is 0 Å². The molecule has 2 bridgehead atoms. The first kappa shape index (κ1) is 11.9. The second-order valence-corrected chi connectivity index (χ2v) is 7.64. The maximum absolute atomic E-state index is 12.0. The maximum atomic E-state index is 12.0. The molecule has 0 aromatic heterocycles. The SMILES string of the molecule is O=C1N=C(C[C@H]2C[C@@H]3CC[C@H]2C3)SC12CCOC2=O. The molecule has 1 amide bonds. The minimum Gasteiger partial charge on any atom is -0.464 e. The molecular weight excluding hydrogens is 262 g/mol. The molecule has 4 atom stereocenters. The van der Waals surface area contributed by atoms with Gasteiger partial charge in [-0.15, -0.1) is 0 Å². The summed E-state index contributed by atoms with van der Waals surface area (Å²) in [4.78, 5) is 28.0. The van der Waals surface area contributed by atoms with Crippen molar-refractivity contribution in [3.8, 4) is 0 Å². The normalized spacial score (nSPS) is 44.2. The Balaban J connectivity index is 1.48. The Morgan fingerprint density at radius 2 is 2.21 bits per heavy atom. The van der Waals surface area contributed by atoms with Gasteiger partial charge >= 0.3 is 5.97 Å². The Morgan fingerprint density at radius 3 is 2.84 bits per heavy atom. The molecule has 5 heteroatoms. The standard InChI is InChI=1S/C14H17NO3S/c16-12-14(3-4-18-13(14)17)19-11(15-12)7-10-6-8-1-2-9(10)5-8/h8-10H,1-7H2/t8-,9+,10-,14?/m1/s1. The number of ether oxygens (including phenoxy) is 1. The molecule has 1 saturated heterocycles. The lowest BCUT2D eigenvalue weighted by Gasteiger charge is -2.21. The fourth-order valence-corrected chi connectivity index (χ4v) is 5.49. The van der Waals surface area contributed by atoms with Crippen LogP contribution in [0, 0.1) is 17.8 Å². The Morgan fingerprint density at radius 1 is 1.32 bits per heavy atom. The summed E-state index contributed by atoms with van der Waals surface area (Å²) in [6, 6.07) is 0. The lowest BCUT2D eigenvalue weighted by Crippen LogP contribution is -2.36. The van der Waals surface area contributed by atoms with Gasteiger partial charge in [-0.2, -0.15) is 0 Å². The predicted molar refractivity (Wildman–Crippen MR) is 71.9 cm³/mol. The van der Waals surface area contributed by atoms with Crippen LogP contribution < -0.4 is 0 Å². The van der Waals surface area contributed by atoms with Crippen LogP contribution in [0.3, 0.4) is 0 Å². The topological polar surface area (TPSA) is 55.7 Å². The monoisotopic (exact) mass is 279 g/mol. The highest BCUT2D eigenvalue weighted by Crippen LogP contribution is 2.51. The molecule has 4 rings (SSSR count). The number of esters is 1. The van der Waals surface area contributed by atoms with Gasteiger partial charge in [-0.1, -0.05) is 18.2 Å². The summed E-state index contributed by atoms with van der Waals surface area (Å²) in [5.41, 5.74) is 0. The molecule has 4 aliphatic rings. The van der Waals surface area contributed by atoms with Gasteiger partial charge in [0.05, 0.1) is 11.7 Å². The van der Waals surface area contributed by atoms with Gasteiger partial charge in [0.1, 0.15) is 0 Å². The third kappa shape index (κ3) is 1.70. The van der Waals surface area contributed by atoms with E-state index in [4.69, 9.17) is 4.74 Å². The van der Waals surface area contributed by atoms with Crippen LogP contribution in [0.15, 0.2) is 4.99 Å². The molecule has 4 nitrogen and oxygen atoms in total. The highest BCUT2D eigenvalue weighted by molar-refractivity contribution is 8.16. The summed E-state index contributed by atoms with van der Waals surface area (Å²) in [6.45, 7) is 0.356. The van der Waals surface area contributed by atoms with Gasteiger partial charge in [0.2, 0.25) is 4.75 Å². The molecule has 2 saturated carbocycles. The molecule has 0 N–H and O–H groups in total. The number of thioether (sulfide) groups is 1. The molecule has 19 heavy (non-hydrogen) atoms. The van der Waals surface area contributed by atoms with E-state index in [9.17, 15) is 9.59 Å². The lowest BCUT2D eigenvalue weighted by molar-refractivity contribution is -0.142. The minimum atomic E-state index is -1.01. The van der Waals surface area contributed by atoms with E-state index in [0.717, 1.165) is 23.3 Å². The number of carbonyl (C=O) groups excluding carboxylic acids is 2. The van der Waals surface area contributed by atoms with E-state index in [0.29, 0.717) is 18.9 Å². The van der Waals surface area contributed by atoms with Crippen LogP contribution in [0.2, 0.25) is 0 Å². The number of hydrogen-bond donors (Lipinski definition) is 0. The van der Waals surface area contributed by atoms with Crippen molar-refractivity contribution in [2.45, 2.75) is 43.3 Å². The summed E-state index contributed by atoms with van der Waals surface area (Å²) >= 11 is 1.38. The molecule has 2 heterocycles. The van der Waals surface area contributed by atoms with E-state index in [1.165, 1.54) is 37.4 Å². The molecule has 1 unspecified atom stereocenters. The van der Waals surface area contributed by atoms with Gasteiger partial charge in [-0.3, -0.25) is 4.79 Å². The molecule has 0 radical (unpaired) electrons. The Hall–Kier alpha value is -0.840. The van der Waals surface area contributed by atoms with Crippen molar-refractivity contribution < 1.29 is 14.3 Å². The summed E-state index contributed by atoms with van der Waals surface area (Å²) < 4.78 is 3.97. The molecule has 1 spiro atoms. The first-order valence-electron chi connectivity index (χ1n) is 7.15. The van der Waals surface area contributed by atoms with Gasteiger partial charge in [0, 0.05) is 6.42 Å². The third-order valence-electron chi connectivity index (χ3n) is 5.20. The van der Waals surface area contributed by atoms with Crippen LogP contribution in [0.1, 0.15) is 38.5 Å². The Labute approximate surface area is 116 Å². The summed E-state index contributed by atoms with van der Waals surface area (Å²) in [7, 11) is 0. The quantitative estimate of drug-likeness (QED) is 0.574. The molecule has 0 aromatic carbocycles. The lowest BCUT2D eigenvalue weighted by atomic mass is 9.87. The van der Waals surface area contributed by atoms with Crippen molar-refractivity contribution in [1.82, 2.24) is 0 Å². The molecule has 3 fully saturated rings. The zero-order valence-electron chi connectivity index (χ0n) is 10.8. The van der Waals surface area contributed by atoms with Crippen molar-refractivity contribution in [1.29, 1.82) is 0 Å². The van der Waals surface area contributed by atoms with Crippen molar-refractivity contribution >= 4 is 28.7 Å². The van der Waals surface area contributed by atoms with E-state index in [1.807, 2.05) is 0 Å². The van der Waals surface area contributed by atoms with E-state index < -0.39 is 4.75 Å². The molecule has 0 aromatic rings. The van der Waals surface area contributed by atoms with Crippen molar-refractivity contribution in [3.05, 3.63) is 0 Å². The maximum Gasteiger partial charge on any atom is 0.332 e. The average Bonchev–Trinajstić information content (AvgIpc) is 3.10. The van der Waals surface area contributed by atoms with Crippen LogP contribution in [0.4, 0.5) is 0 Å². The van der Waals surface area contributed by atoms with Gasteiger partial charge in [0.15, 0.2) is 0 Å². The second-order valence-electron chi connectivity index (χ2n) is 6.26. The number of cyclic esters (lactones) is 1. The summed E-state index contributed by atoms with van der Waals surface area (Å²) in [5, 5.41) is 0.876. The summed E-state index contributed by atoms with van der Waals surface area (Å²) in [6.07, 6.45) is 6.76. The molecular formula is C14H17NO3S. The van der Waals surface area contributed by atoms with E-state index >= 15 is 0 Å². The fraction of sp³-hybridized carbons (Fsp3) is 0.786. The second kappa shape index (κ2) is 4.08. The highest BCUT2D eigenvalue weighted by Gasteiger charge is 2.56. The largest absolute Gasteiger partial charge is 0.464 e. The van der Waals surface area contributed by atoms with Crippen LogP contribution in [-0.2, 0) is 14.3 Å². The fourth-order valence-electron chi connectivity index (χ4n) is 4.20.